The van der Waals surface area contributed by atoms with Crippen molar-refractivity contribution in [1.29, 1.82) is 0 Å². The predicted molar refractivity (Wildman–Crippen MR) is 88.8 cm³/mol. The molecule has 1 aromatic rings. The van der Waals surface area contributed by atoms with Gasteiger partial charge in [-0.2, -0.15) is 4.98 Å². The summed E-state index contributed by atoms with van der Waals surface area (Å²) in [4.78, 5) is 21.2. The van der Waals surface area contributed by atoms with Gasteiger partial charge in [0.05, 0.1) is 6.54 Å². The molecule has 2 heterocycles. The number of anilines is 2. The SMILES string of the molecule is CC(C)(C)OC(=O)Nc1ccnc(N2CC(C)(C)C(O)C(F)(F)C2)n1. The predicted octanol–water partition coefficient (Wildman–Crippen LogP) is 2.67. The van der Waals surface area contributed by atoms with E-state index in [-0.39, 0.29) is 18.3 Å². The van der Waals surface area contributed by atoms with E-state index < -0.39 is 35.7 Å². The molecule has 140 valence electrons. The van der Waals surface area contributed by atoms with Gasteiger partial charge in [-0.05, 0) is 26.8 Å². The number of ether oxygens (including phenoxy) is 1. The first-order chi connectivity index (χ1) is 11.3. The van der Waals surface area contributed by atoms with Gasteiger partial charge in [0.25, 0.3) is 5.92 Å². The molecule has 1 aromatic heterocycles. The lowest BCUT2D eigenvalue weighted by atomic mass is 9.79. The Kier molecular flexibility index (Phi) is 4.91. The minimum Gasteiger partial charge on any atom is -0.444 e. The minimum atomic E-state index is -3.29. The van der Waals surface area contributed by atoms with E-state index in [1.807, 2.05) is 0 Å². The molecule has 1 aliphatic heterocycles. The maximum atomic E-state index is 14.1. The zero-order chi connectivity index (χ0) is 19.0. The first-order valence-corrected chi connectivity index (χ1v) is 7.94. The lowest BCUT2D eigenvalue weighted by Gasteiger charge is -2.45. The smallest absolute Gasteiger partial charge is 0.413 e. The van der Waals surface area contributed by atoms with Crippen LogP contribution < -0.4 is 10.2 Å². The molecule has 0 aromatic carbocycles. The summed E-state index contributed by atoms with van der Waals surface area (Å²) in [6, 6.07) is 1.44. The van der Waals surface area contributed by atoms with Crippen LogP contribution in [0, 0.1) is 5.41 Å². The zero-order valence-electron chi connectivity index (χ0n) is 15.0. The van der Waals surface area contributed by atoms with Crippen molar-refractivity contribution < 1.29 is 23.4 Å². The van der Waals surface area contributed by atoms with E-state index in [2.05, 4.69) is 15.3 Å². The van der Waals surface area contributed by atoms with Crippen LogP contribution in [0.1, 0.15) is 34.6 Å². The maximum Gasteiger partial charge on any atom is 0.413 e. The van der Waals surface area contributed by atoms with Crippen molar-refractivity contribution in [1.82, 2.24) is 9.97 Å². The second kappa shape index (κ2) is 6.36. The zero-order valence-corrected chi connectivity index (χ0v) is 15.0. The highest BCUT2D eigenvalue weighted by Gasteiger charge is 2.53. The Balaban J connectivity index is 2.17. The number of carbonyl (C=O) groups is 1. The molecule has 0 spiro atoms. The summed E-state index contributed by atoms with van der Waals surface area (Å²) in [5.74, 6) is -3.10. The van der Waals surface area contributed by atoms with Gasteiger partial charge in [0.2, 0.25) is 5.95 Å². The Morgan fingerprint density at radius 3 is 2.60 bits per heavy atom. The van der Waals surface area contributed by atoms with Crippen LogP contribution in [0.25, 0.3) is 0 Å². The van der Waals surface area contributed by atoms with Gasteiger partial charge in [0, 0.05) is 18.2 Å². The molecule has 1 fully saturated rings. The highest BCUT2D eigenvalue weighted by Crippen LogP contribution is 2.39. The third-order valence-corrected chi connectivity index (χ3v) is 3.70. The number of halogens is 2. The Hall–Kier alpha value is -2.03. The van der Waals surface area contributed by atoms with Gasteiger partial charge < -0.3 is 14.7 Å². The van der Waals surface area contributed by atoms with E-state index in [4.69, 9.17) is 4.74 Å². The summed E-state index contributed by atoms with van der Waals surface area (Å²) in [6.45, 7) is 7.73. The average Bonchev–Trinajstić information content (AvgIpc) is 2.42. The van der Waals surface area contributed by atoms with Crippen molar-refractivity contribution >= 4 is 17.9 Å². The molecule has 1 atom stereocenters. The summed E-state index contributed by atoms with van der Waals surface area (Å²) in [6.07, 6.45) is -1.08. The topological polar surface area (TPSA) is 87.6 Å². The van der Waals surface area contributed by atoms with Crippen molar-refractivity contribution in [3.63, 3.8) is 0 Å². The first kappa shape index (κ1) is 19.3. The number of nitrogens with zero attached hydrogens (tertiary/aromatic N) is 3. The van der Waals surface area contributed by atoms with Gasteiger partial charge in [-0.25, -0.2) is 18.6 Å². The Morgan fingerprint density at radius 1 is 1.40 bits per heavy atom. The number of amides is 1. The van der Waals surface area contributed by atoms with Crippen LogP contribution in [-0.2, 0) is 4.74 Å². The average molecular weight is 358 g/mol. The second-order valence-electron chi connectivity index (χ2n) is 7.88. The lowest BCUT2D eigenvalue weighted by Crippen LogP contribution is -2.61. The summed E-state index contributed by atoms with van der Waals surface area (Å²) in [5, 5.41) is 12.3. The highest BCUT2D eigenvalue weighted by molar-refractivity contribution is 5.83. The van der Waals surface area contributed by atoms with E-state index in [9.17, 15) is 18.7 Å². The number of piperidine rings is 1. The molecule has 0 aliphatic carbocycles. The van der Waals surface area contributed by atoms with Crippen LogP contribution in [0.4, 0.5) is 25.3 Å². The summed E-state index contributed by atoms with van der Waals surface area (Å²) in [5.41, 5.74) is -1.71. The van der Waals surface area contributed by atoms with Crippen molar-refractivity contribution in [2.45, 2.75) is 52.2 Å². The number of rotatable bonds is 2. The molecule has 0 radical (unpaired) electrons. The fraction of sp³-hybridized carbons (Fsp3) is 0.688. The Bertz CT molecular complexity index is 629. The molecular formula is C16H24F2N4O3. The molecule has 9 heteroatoms. The fourth-order valence-electron chi connectivity index (χ4n) is 2.67. The van der Waals surface area contributed by atoms with E-state index in [0.717, 1.165) is 0 Å². The maximum absolute atomic E-state index is 14.1. The molecule has 1 unspecified atom stereocenters. The Morgan fingerprint density at radius 2 is 2.04 bits per heavy atom. The summed E-state index contributed by atoms with van der Waals surface area (Å²) in [7, 11) is 0. The van der Waals surface area contributed by atoms with E-state index in [0.29, 0.717) is 0 Å². The van der Waals surface area contributed by atoms with Crippen LogP contribution in [0.15, 0.2) is 12.3 Å². The van der Waals surface area contributed by atoms with Gasteiger partial charge in [0.1, 0.15) is 17.5 Å². The van der Waals surface area contributed by atoms with Gasteiger partial charge >= 0.3 is 6.09 Å². The largest absolute Gasteiger partial charge is 0.444 e. The lowest BCUT2D eigenvalue weighted by molar-refractivity contribution is -0.160. The highest BCUT2D eigenvalue weighted by atomic mass is 19.3. The summed E-state index contributed by atoms with van der Waals surface area (Å²) >= 11 is 0. The molecule has 0 saturated carbocycles. The van der Waals surface area contributed by atoms with Gasteiger partial charge in [-0.15, -0.1) is 0 Å². The fourth-order valence-corrected chi connectivity index (χ4v) is 2.67. The van der Waals surface area contributed by atoms with Gasteiger partial charge in [0.15, 0.2) is 0 Å². The molecule has 0 bridgehead atoms. The quantitative estimate of drug-likeness (QED) is 0.845. The molecule has 2 rings (SSSR count). The molecule has 1 saturated heterocycles. The van der Waals surface area contributed by atoms with E-state index >= 15 is 0 Å². The summed E-state index contributed by atoms with van der Waals surface area (Å²) < 4.78 is 33.3. The van der Waals surface area contributed by atoms with Crippen molar-refractivity contribution in [2.24, 2.45) is 5.41 Å². The van der Waals surface area contributed by atoms with Crippen LogP contribution in [0.3, 0.4) is 0 Å². The molecule has 1 amide bonds. The number of hydrogen-bond donors (Lipinski definition) is 2. The van der Waals surface area contributed by atoms with Crippen molar-refractivity contribution in [2.75, 3.05) is 23.3 Å². The molecule has 25 heavy (non-hydrogen) atoms. The van der Waals surface area contributed by atoms with E-state index in [1.165, 1.54) is 17.2 Å². The number of aromatic nitrogens is 2. The van der Waals surface area contributed by atoms with Crippen LogP contribution in [0.5, 0.6) is 0 Å². The van der Waals surface area contributed by atoms with Gasteiger partial charge in [-0.1, -0.05) is 13.8 Å². The van der Waals surface area contributed by atoms with Crippen LogP contribution in [0.2, 0.25) is 0 Å². The number of hydrogen-bond acceptors (Lipinski definition) is 6. The number of alkyl halides is 2. The number of aliphatic hydroxyl groups is 1. The van der Waals surface area contributed by atoms with Crippen LogP contribution >= 0.6 is 0 Å². The monoisotopic (exact) mass is 358 g/mol. The first-order valence-electron chi connectivity index (χ1n) is 7.94. The number of nitrogens with one attached hydrogen (secondary N) is 1. The van der Waals surface area contributed by atoms with Crippen molar-refractivity contribution in [3.05, 3.63) is 12.3 Å². The van der Waals surface area contributed by atoms with Gasteiger partial charge in [-0.3, -0.25) is 5.32 Å². The van der Waals surface area contributed by atoms with Crippen LogP contribution in [-0.4, -0.2) is 51.9 Å². The third-order valence-electron chi connectivity index (χ3n) is 3.70. The molecule has 1 aliphatic rings. The molecule has 2 N–H and O–H groups in total. The van der Waals surface area contributed by atoms with Crippen molar-refractivity contribution in [3.8, 4) is 0 Å². The second-order valence-corrected chi connectivity index (χ2v) is 7.88. The minimum absolute atomic E-state index is 0.0493. The number of aliphatic hydroxyl groups excluding tert-OH is 1. The van der Waals surface area contributed by atoms with E-state index in [1.54, 1.807) is 34.6 Å². The standard InChI is InChI=1S/C16H24F2N4O3/c1-14(2,3)25-13(24)21-10-6-7-19-12(20-10)22-8-15(4,5)11(23)16(17,18)9-22/h6-7,11,23H,8-9H2,1-5H3,(H,19,20,21,24). The molecular weight excluding hydrogens is 334 g/mol. The molecule has 7 nitrogen and oxygen atoms in total. The number of carbonyl (C=O) groups excluding carboxylic acids is 1. The third kappa shape index (κ3) is 4.75. The Labute approximate surface area is 145 Å². The normalized spacial score (nSPS) is 22.4.